The van der Waals surface area contributed by atoms with E-state index >= 15 is 0 Å². The number of amides is 1. The van der Waals surface area contributed by atoms with E-state index in [1.807, 2.05) is 4.90 Å². The third-order valence-electron chi connectivity index (χ3n) is 6.08. The zero-order chi connectivity index (χ0) is 15.6. The molecule has 22 heavy (non-hydrogen) atoms. The maximum atomic E-state index is 12.4. The van der Waals surface area contributed by atoms with Gasteiger partial charge < -0.3 is 10.1 Å². The highest BCUT2D eigenvalue weighted by Gasteiger charge is 2.64. The molecule has 2 heterocycles. The van der Waals surface area contributed by atoms with Gasteiger partial charge in [0.05, 0.1) is 12.3 Å². The van der Waals surface area contributed by atoms with E-state index in [0.717, 1.165) is 38.8 Å². The molecule has 8 heteroatoms. The lowest BCUT2D eigenvalue weighted by Crippen LogP contribution is -2.54. The fourth-order valence-corrected chi connectivity index (χ4v) is 5.93. The van der Waals surface area contributed by atoms with Crippen molar-refractivity contribution in [3.05, 3.63) is 0 Å². The Bertz CT molecular complexity index is 592. The molecule has 3 aliphatic carbocycles. The standard InChI is InChI=1S/C14H22N2O5S/c17-12-16(9-14(21-12)1-3-15-4-2-14)13-5-10(6-13)11(7-13)8-22(18,19)20/h10-11,15H,1-9H2,(H,18,19,20)/t10?,11-,13?/m1/s1. The molecule has 2 N–H and O–H groups in total. The second-order valence-corrected chi connectivity index (χ2v) is 8.99. The fraction of sp³-hybridized carbons (Fsp3) is 0.929. The number of piperidine rings is 1. The van der Waals surface area contributed by atoms with Crippen LogP contribution in [0.3, 0.4) is 0 Å². The zero-order valence-corrected chi connectivity index (χ0v) is 13.3. The number of hydrogen-bond donors (Lipinski definition) is 2. The normalized spacial score (nSPS) is 39.9. The number of nitrogens with zero attached hydrogens (tertiary/aromatic N) is 1. The molecular formula is C14H22N2O5S. The van der Waals surface area contributed by atoms with Crippen LogP contribution in [0.25, 0.3) is 0 Å². The summed E-state index contributed by atoms with van der Waals surface area (Å²) in [5, 5.41) is 3.28. The van der Waals surface area contributed by atoms with Crippen molar-refractivity contribution >= 4 is 16.2 Å². The Hall–Kier alpha value is -0.860. The Labute approximate surface area is 130 Å². The Kier molecular flexibility index (Phi) is 3.06. The van der Waals surface area contributed by atoms with Gasteiger partial charge in [-0.25, -0.2) is 4.79 Å². The van der Waals surface area contributed by atoms with E-state index in [0.29, 0.717) is 18.9 Å². The molecule has 1 atom stereocenters. The van der Waals surface area contributed by atoms with Gasteiger partial charge in [0.1, 0.15) is 5.60 Å². The molecule has 0 aromatic heterocycles. The molecule has 2 bridgehead atoms. The van der Waals surface area contributed by atoms with Crippen LogP contribution in [0.15, 0.2) is 0 Å². The van der Waals surface area contributed by atoms with Gasteiger partial charge in [-0.05, 0) is 44.2 Å². The number of rotatable bonds is 3. The molecule has 7 nitrogen and oxygen atoms in total. The van der Waals surface area contributed by atoms with E-state index in [4.69, 9.17) is 9.29 Å². The Morgan fingerprint density at radius 1 is 1.27 bits per heavy atom. The number of carbonyl (C=O) groups excluding carboxylic acids is 1. The van der Waals surface area contributed by atoms with Crippen molar-refractivity contribution in [3.63, 3.8) is 0 Å². The topological polar surface area (TPSA) is 95.9 Å². The van der Waals surface area contributed by atoms with E-state index in [2.05, 4.69) is 5.32 Å². The van der Waals surface area contributed by atoms with Gasteiger partial charge in [0.25, 0.3) is 10.1 Å². The first-order valence-electron chi connectivity index (χ1n) is 7.98. The van der Waals surface area contributed by atoms with Crippen LogP contribution >= 0.6 is 0 Å². The molecule has 5 fully saturated rings. The largest absolute Gasteiger partial charge is 0.441 e. The second-order valence-electron chi connectivity index (χ2n) is 7.49. The molecule has 124 valence electrons. The molecule has 2 aliphatic heterocycles. The lowest BCUT2D eigenvalue weighted by atomic mass is 9.74. The minimum atomic E-state index is -3.95. The molecule has 1 spiro atoms. The van der Waals surface area contributed by atoms with E-state index in [9.17, 15) is 13.2 Å². The highest BCUT2D eigenvalue weighted by atomic mass is 32.2. The summed E-state index contributed by atoms with van der Waals surface area (Å²) < 4.78 is 37.0. The number of nitrogens with one attached hydrogen (secondary N) is 1. The summed E-state index contributed by atoms with van der Waals surface area (Å²) in [7, 11) is -3.95. The summed E-state index contributed by atoms with van der Waals surface area (Å²) in [4.78, 5) is 14.2. The van der Waals surface area contributed by atoms with Gasteiger partial charge in [0.2, 0.25) is 0 Å². The van der Waals surface area contributed by atoms with Crippen LogP contribution in [-0.2, 0) is 14.9 Å². The van der Waals surface area contributed by atoms with Crippen LogP contribution in [0.1, 0.15) is 32.1 Å². The van der Waals surface area contributed by atoms with Crippen LogP contribution in [0, 0.1) is 11.8 Å². The van der Waals surface area contributed by atoms with E-state index in [1.54, 1.807) is 0 Å². The maximum Gasteiger partial charge on any atom is 0.410 e. The van der Waals surface area contributed by atoms with Gasteiger partial charge in [-0.2, -0.15) is 8.42 Å². The summed E-state index contributed by atoms with van der Waals surface area (Å²) in [6, 6.07) is 0. The third kappa shape index (κ3) is 2.23. The molecule has 3 saturated carbocycles. The zero-order valence-electron chi connectivity index (χ0n) is 12.5. The van der Waals surface area contributed by atoms with E-state index < -0.39 is 10.1 Å². The predicted molar refractivity (Wildman–Crippen MR) is 78.0 cm³/mol. The average molecular weight is 330 g/mol. The number of ether oxygens (including phenoxy) is 1. The lowest BCUT2D eigenvalue weighted by Gasteiger charge is -2.45. The maximum absolute atomic E-state index is 12.4. The van der Waals surface area contributed by atoms with Gasteiger partial charge in [0.15, 0.2) is 0 Å². The molecular weight excluding hydrogens is 308 g/mol. The van der Waals surface area contributed by atoms with Crippen LogP contribution in [0.4, 0.5) is 4.79 Å². The van der Waals surface area contributed by atoms with E-state index in [-0.39, 0.29) is 28.9 Å². The molecule has 0 aromatic carbocycles. The van der Waals surface area contributed by atoms with Gasteiger partial charge in [0, 0.05) is 18.4 Å². The van der Waals surface area contributed by atoms with Gasteiger partial charge >= 0.3 is 6.09 Å². The Balaban J connectivity index is 1.48. The summed E-state index contributed by atoms with van der Waals surface area (Å²) >= 11 is 0. The minimum absolute atomic E-state index is 0.0348. The van der Waals surface area contributed by atoms with Crippen molar-refractivity contribution in [1.29, 1.82) is 0 Å². The molecule has 0 radical (unpaired) electrons. The highest BCUT2D eigenvalue weighted by Crippen LogP contribution is 2.60. The number of carbonyl (C=O) groups is 1. The van der Waals surface area contributed by atoms with Crippen molar-refractivity contribution in [3.8, 4) is 0 Å². The monoisotopic (exact) mass is 330 g/mol. The molecule has 0 aromatic rings. The molecule has 5 rings (SSSR count). The summed E-state index contributed by atoms with van der Waals surface area (Å²) in [5.41, 5.74) is -0.588. The number of hydrogen-bond acceptors (Lipinski definition) is 5. The predicted octanol–water partition coefficient (Wildman–Crippen LogP) is 0.617. The molecule has 2 saturated heterocycles. The van der Waals surface area contributed by atoms with E-state index in [1.165, 1.54) is 0 Å². The quantitative estimate of drug-likeness (QED) is 0.737. The smallest absolute Gasteiger partial charge is 0.410 e. The van der Waals surface area contributed by atoms with Crippen molar-refractivity contribution in [1.82, 2.24) is 10.2 Å². The van der Waals surface area contributed by atoms with Crippen LogP contribution in [-0.4, -0.2) is 60.5 Å². The van der Waals surface area contributed by atoms with Crippen molar-refractivity contribution < 1.29 is 22.5 Å². The molecule has 0 unspecified atom stereocenters. The van der Waals surface area contributed by atoms with Gasteiger partial charge in [-0.1, -0.05) is 0 Å². The van der Waals surface area contributed by atoms with Gasteiger partial charge in [-0.3, -0.25) is 9.45 Å². The van der Waals surface area contributed by atoms with Crippen molar-refractivity contribution in [2.75, 3.05) is 25.4 Å². The minimum Gasteiger partial charge on any atom is -0.441 e. The first kappa shape index (κ1) is 14.7. The third-order valence-corrected chi connectivity index (χ3v) is 6.93. The van der Waals surface area contributed by atoms with Gasteiger partial charge in [-0.15, -0.1) is 0 Å². The summed E-state index contributed by atoms with van der Waals surface area (Å²) in [5.74, 6) is 0.0869. The average Bonchev–Trinajstić information content (AvgIpc) is 2.98. The van der Waals surface area contributed by atoms with Crippen LogP contribution < -0.4 is 5.32 Å². The number of fused-ring (bicyclic) bond motifs is 1. The van der Waals surface area contributed by atoms with Crippen molar-refractivity contribution in [2.24, 2.45) is 11.8 Å². The second kappa shape index (κ2) is 4.58. The first-order chi connectivity index (χ1) is 10.3. The summed E-state index contributed by atoms with van der Waals surface area (Å²) in [6.45, 7) is 2.35. The lowest BCUT2D eigenvalue weighted by molar-refractivity contribution is 0.0315. The SMILES string of the molecule is O=C1OC2(CCNCC2)CN1C12CC(C1)[C@@H](CS(=O)(=O)O)C2. The van der Waals surface area contributed by atoms with Crippen LogP contribution in [0.2, 0.25) is 0 Å². The van der Waals surface area contributed by atoms with Crippen LogP contribution in [0.5, 0.6) is 0 Å². The Morgan fingerprint density at radius 2 is 1.95 bits per heavy atom. The summed E-state index contributed by atoms with van der Waals surface area (Å²) in [6.07, 6.45) is 3.79. The Morgan fingerprint density at radius 3 is 2.59 bits per heavy atom. The molecule has 5 aliphatic rings. The highest BCUT2D eigenvalue weighted by molar-refractivity contribution is 7.85. The fourth-order valence-electron chi connectivity index (χ4n) is 5.00. The van der Waals surface area contributed by atoms with Crippen molar-refractivity contribution in [2.45, 2.75) is 43.2 Å². The first-order valence-corrected chi connectivity index (χ1v) is 9.58. The molecule has 1 amide bonds.